The molecule has 138 valence electrons. The van der Waals surface area contributed by atoms with Gasteiger partial charge in [0.15, 0.2) is 0 Å². The van der Waals surface area contributed by atoms with Gasteiger partial charge in [0.25, 0.3) is 10.0 Å². The molecular weight excluding hydrogens is 391 g/mol. The van der Waals surface area contributed by atoms with Crippen LogP contribution in [0, 0.1) is 5.82 Å². The van der Waals surface area contributed by atoms with Crippen LogP contribution < -0.4 is 9.62 Å². The smallest absolute Gasteiger partial charge is 0.265 e. The molecule has 1 amide bonds. The van der Waals surface area contributed by atoms with Crippen molar-refractivity contribution in [3.8, 4) is 0 Å². The summed E-state index contributed by atoms with van der Waals surface area (Å²) in [6.45, 7) is 1.50. The fourth-order valence-corrected chi connectivity index (χ4v) is 5.35. The first-order chi connectivity index (χ1) is 12.8. The highest BCUT2D eigenvalue weighted by molar-refractivity contribution is 7.93. The Kier molecular flexibility index (Phi) is 4.09. The third-order valence-electron chi connectivity index (χ3n) is 4.54. The molecule has 0 spiro atoms. The molecule has 5 nitrogen and oxygen atoms in total. The first-order valence-electron chi connectivity index (χ1n) is 8.13. The molecule has 0 aliphatic carbocycles. The number of nitrogens with one attached hydrogen (secondary N) is 1. The molecule has 1 heterocycles. The van der Waals surface area contributed by atoms with Gasteiger partial charge in [-0.3, -0.25) is 9.10 Å². The largest absolute Gasteiger partial charge is 0.323 e. The van der Waals surface area contributed by atoms with Gasteiger partial charge in [0.2, 0.25) is 5.91 Å². The van der Waals surface area contributed by atoms with Crippen molar-refractivity contribution in [1.82, 2.24) is 0 Å². The predicted molar refractivity (Wildman–Crippen MR) is 103 cm³/mol. The Morgan fingerprint density at radius 3 is 2.56 bits per heavy atom. The Hall–Kier alpha value is -2.64. The van der Waals surface area contributed by atoms with Crippen molar-refractivity contribution >= 4 is 49.7 Å². The monoisotopic (exact) mass is 404 g/mol. The van der Waals surface area contributed by atoms with E-state index in [0.29, 0.717) is 11.1 Å². The highest BCUT2D eigenvalue weighted by Crippen LogP contribution is 2.43. The maximum atomic E-state index is 13.2. The first-order valence-corrected chi connectivity index (χ1v) is 9.94. The van der Waals surface area contributed by atoms with Crippen LogP contribution in [0.2, 0.25) is 5.02 Å². The minimum Gasteiger partial charge on any atom is -0.323 e. The molecule has 1 aliphatic heterocycles. The highest BCUT2D eigenvalue weighted by atomic mass is 35.5. The Morgan fingerprint density at radius 2 is 1.85 bits per heavy atom. The van der Waals surface area contributed by atoms with Crippen LogP contribution in [-0.2, 0) is 14.8 Å². The van der Waals surface area contributed by atoms with Crippen molar-refractivity contribution in [2.24, 2.45) is 0 Å². The van der Waals surface area contributed by atoms with Gasteiger partial charge in [0.1, 0.15) is 11.9 Å². The van der Waals surface area contributed by atoms with Crippen molar-refractivity contribution in [3.05, 3.63) is 65.4 Å². The van der Waals surface area contributed by atoms with Crippen LogP contribution in [0.5, 0.6) is 0 Å². The summed E-state index contributed by atoms with van der Waals surface area (Å²) in [6, 6.07) is 12.8. The molecule has 0 saturated carbocycles. The highest BCUT2D eigenvalue weighted by Gasteiger charge is 2.40. The van der Waals surface area contributed by atoms with Crippen molar-refractivity contribution in [1.29, 1.82) is 0 Å². The molecule has 1 atom stereocenters. The van der Waals surface area contributed by atoms with Gasteiger partial charge < -0.3 is 5.32 Å². The van der Waals surface area contributed by atoms with E-state index in [-0.39, 0.29) is 15.6 Å². The Morgan fingerprint density at radius 1 is 1.15 bits per heavy atom. The molecule has 27 heavy (non-hydrogen) atoms. The number of rotatable bonds is 3. The maximum absolute atomic E-state index is 13.2. The van der Waals surface area contributed by atoms with Gasteiger partial charge >= 0.3 is 0 Å². The van der Waals surface area contributed by atoms with Gasteiger partial charge in [-0.25, -0.2) is 12.8 Å². The summed E-state index contributed by atoms with van der Waals surface area (Å²) in [5.41, 5.74) is 0.665. The second kappa shape index (κ2) is 6.21. The van der Waals surface area contributed by atoms with Gasteiger partial charge in [0.05, 0.1) is 21.3 Å². The second-order valence-corrected chi connectivity index (χ2v) is 8.41. The minimum atomic E-state index is -3.87. The Labute approximate surface area is 160 Å². The van der Waals surface area contributed by atoms with E-state index in [1.807, 2.05) is 12.1 Å². The lowest BCUT2D eigenvalue weighted by molar-refractivity contribution is -0.116. The van der Waals surface area contributed by atoms with Crippen LogP contribution >= 0.6 is 11.6 Å². The number of amides is 1. The molecule has 0 fully saturated rings. The van der Waals surface area contributed by atoms with Gasteiger partial charge in [-0.05, 0) is 42.6 Å². The van der Waals surface area contributed by atoms with E-state index in [2.05, 4.69) is 5.32 Å². The van der Waals surface area contributed by atoms with E-state index in [9.17, 15) is 17.6 Å². The van der Waals surface area contributed by atoms with Gasteiger partial charge in [-0.15, -0.1) is 0 Å². The Balaban J connectivity index is 1.73. The van der Waals surface area contributed by atoms with Gasteiger partial charge in [0, 0.05) is 5.39 Å². The van der Waals surface area contributed by atoms with Crippen LogP contribution in [-0.4, -0.2) is 20.4 Å². The normalized spacial score (nSPS) is 15.7. The lowest BCUT2D eigenvalue weighted by Crippen LogP contribution is -2.44. The van der Waals surface area contributed by atoms with Crippen molar-refractivity contribution in [2.45, 2.75) is 17.9 Å². The summed E-state index contributed by atoms with van der Waals surface area (Å²) in [7, 11) is -3.87. The zero-order chi connectivity index (χ0) is 19.3. The molecule has 4 rings (SSSR count). The topological polar surface area (TPSA) is 66.5 Å². The number of nitrogens with zero attached hydrogens (tertiary/aromatic N) is 1. The molecule has 0 aromatic heterocycles. The van der Waals surface area contributed by atoms with E-state index in [1.54, 1.807) is 18.2 Å². The first kappa shape index (κ1) is 17.8. The average Bonchev–Trinajstić information content (AvgIpc) is 2.86. The fourth-order valence-electron chi connectivity index (χ4n) is 3.27. The maximum Gasteiger partial charge on any atom is 0.265 e. The molecule has 1 N–H and O–H groups in total. The Bertz CT molecular complexity index is 1190. The zero-order valence-corrected chi connectivity index (χ0v) is 15.7. The average molecular weight is 405 g/mol. The molecule has 0 saturated heterocycles. The van der Waals surface area contributed by atoms with Gasteiger partial charge in [-0.2, -0.15) is 0 Å². The number of anilines is 2. The summed E-state index contributed by atoms with van der Waals surface area (Å²) < 4.78 is 40.4. The standard InChI is InChI=1S/C19H14ClFN2O3S/c1-11(19(24)22-15-9-8-13(21)10-14(15)20)23-16-6-2-4-12-5-3-7-17(18(12)16)27(23,25)26/h2-11H,1H3,(H,22,24)/t11-/m0/s1. The van der Waals surface area contributed by atoms with Crippen molar-refractivity contribution in [2.75, 3.05) is 9.62 Å². The van der Waals surface area contributed by atoms with E-state index >= 15 is 0 Å². The lowest BCUT2D eigenvalue weighted by atomic mass is 10.1. The number of sulfonamides is 1. The molecule has 0 radical (unpaired) electrons. The summed E-state index contributed by atoms with van der Waals surface area (Å²) in [4.78, 5) is 12.9. The molecule has 0 unspecified atom stereocenters. The number of hydrogen-bond donors (Lipinski definition) is 1. The quantitative estimate of drug-likeness (QED) is 0.712. The van der Waals surface area contributed by atoms with E-state index < -0.39 is 27.8 Å². The number of carbonyl (C=O) groups is 1. The second-order valence-electron chi connectivity index (χ2n) is 6.22. The lowest BCUT2D eigenvalue weighted by Gasteiger charge is -2.25. The molecule has 1 aliphatic rings. The molecule has 3 aromatic carbocycles. The van der Waals surface area contributed by atoms with Crippen molar-refractivity contribution in [3.63, 3.8) is 0 Å². The zero-order valence-electron chi connectivity index (χ0n) is 14.1. The number of carbonyl (C=O) groups excluding carboxylic acids is 1. The molecule has 0 bridgehead atoms. The van der Waals surface area contributed by atoms with Crippen LogP contribution in [0.1, 0.15) is 6.92 Å². The SMILES string of the molecule is C[C@@H](C(=O)Nc1ccc(F)cc1Cl)N1c2cccc3cccc(c23)S1(=O)=O. The molecule has 8 heteroatoms. The molecular formula is C19H14ClFN2O3S. The number of benzene rings is 3. The predicted octanol–water partition coefficient (Wildman–Crippen LogP) is 4.17. The molecule has 3 aromatic rings. The number of hydrogen-bond acceptors (Lipinski definition) is 3. The summed E-state index contributed by atoms with van der Waals surface area (Å²) in [5.74, 6) is -1.10. The minimum absolute atomic E-state index is 0.0326. The van der Waals surface area contributed by atoms with Crippen molar-refractivity contribution < 1.29 is 17.6 Å². The summed E-state index contributed by atoms with van der Waals surface area (Å²) in [5, 5.41) is 3.98. The van der Waals surface area contributed by atoms with E-state index in [1.165, 1.54) is 19.1 Å². The van der Waals surface area contributed by atoms with Crippen LogP contribution in [0.3, 0.4) is 0 Å². The van der Waals surface area contributed by atoms with E-state index in [4.69, 9.17) is 11.6 Å². The van der Waals surface area contributed by atoms with Crippen LogP contribution in [0.4, 0.5) is 15.8 Å². The van der Waals surface area contributed by atoms with Gasteiger partial charge in [-0.1, -0.05) is 35.9 Å². The summed E-state index contributed by atoms with van der Waals surface area (Å²) in [6.07, 6.45) is 0. The fraction of sp³-hybridized carbons (Fsp3) is 0.105. The third kappa shape index (κ3) is 2.74. The van der Waals surface area contributed by atoms with E-state index in [0.717, 1.165) is 21.8 Å². The summed E-state index contributed by atoms with van der Waals surface area (Å²) >= 11 is 5.95. The third-order valence-corrected chi connectivity index (χ3v) is 6.78. The van der Waals surface area contributed by atoms with Crippen LogP contribution in [0.25, 0.3) is 10.8 Å². The number of halogens is 2. The van der Waals surface area contributed by atoms with Crippen LogP contribution in [0.15, 0.2) is 59.5 Å².